The molecule has 0 saturated heterocycles. The maximum Gasteiger partial charge on any atom is 0.267 e. The van der Waals surface area contributed by atoms with Gasteiger partial charge in [-0.25, -0.2) is 4.98 Å². The highest BCUT2D eigenvalue weighted by Crippen LogP contribution is 2.26. The van der Waals surface area contributed by atoms with Crippen LogP contribution in [-0.4, -0.2) is 10.9 Å². The van der Waals surface area contributed by atoms with Gasteiger partial charge in [0.1, 0.15) is 4.88 Å². The van der Waals surface area contributed by atoms with Gasteiger partial charge < -0.3 is 5.32 Å². The Hall–Kier alpha value is -0.910. The van der Waals surface area contributed by atoms with E-state index < -0.39 is 0 Å². The average molecular weight is 346 g/mol. The topological polar surface area (TPSA) is 42.0 Å². The van der Waals surface area contributed by atoms with E-state index in [2.05, 4.69) is 26.2 Å². The number of hydrogen-bond donors (Lipinski definition) is 1. The molecule has 2 rings (SSSR count). The van der Waals surface area contributed by atoms with E-state index in [-0.39, 0.29) is 5.91 Å². The summed E-state index contributed by atoms with van der Waals surface area (Å²) >= 11 is 10.6. The summed E-state index contributed by atoms with van der Waals surface area (Å²) in [6.07, 6.45) is 0. The fraction of sp³-hybridized carbons (Fsp3) is 0.167. The van der Waals surface area contributed by atoms with Crippen LogP contribution in [0, 0.1) is 13.8 Å². The minimum absolute atomic E-state index is 0.146. The van der Waals surface area contributed by atoms with Gasteiger partial charge in [-0.2, -0.15) is 0 Å². The Kier molecular flexibility index (Phi) is 4.04. The van der Waals surface area contributed by atoms with Gasteiger partial charge >= 0.3 is 0 Å². The van der Waals surface area contributed by atoms with Gasteiger partial charge in [-0.15, -0.1) is 11.3 Å². The average Bonchev–Trinajstić information content (AvgIpc) is 2.63. The highest BCUT2D eigenvalue weighted by molar-refractivity contribution is 9.10. The molecule has 1 N–H and O–H groups in total. The summed E-state index contributed by atoms with van der Waals surface area (Å²) in [6, 6.07) is 5.25. The van der Waals surface area contributed by atoms with E-state index in [0.29, 0.717) is 15.6 Å². The largest absolute Gasteiger partial charge is 0.321 e. The number of benzene rings is 1. The molecular weight excluding hydrogens is 336 g/mol. The van der Waals surface area contributed by atoms with Gasteiger partial charge in [-0.05, 0) is 48.0 Å². The van der Waals surface area contributed by atoms with Crippen LogP contribution in [0.4, 0.5) is 5.69 Å². The molecule has 0 radical (unpaired) electrons. The zero-order chi connectivity index (χ0) is 13.3. The lowest BCUT2D eigenvalue weighted by Gasteiger charge is -2.05. The fourth-order valence-corrected chi connectivity index (χ4v) is 2.82. The number of aromatic nitrogens is 1. The summed E-state index contributed by atoms with van der Waals surface area (Å²) in [5.74, 6) is -0.146. The molecule has 0 atom stereocenters. The second kappa shape index (κ2) is 5.38. The number of carbonyl (C=O) groups excluding carboxylic acids is 1. The van der Waals surface area contributed by atoms with Crippen LogP contribution >= 0.6 is 38.9 Å². The minimum Gasteiger partial charge on any atom is -0.321 e. The summed E-state index contributed by atoms with van der Waals surface area (Å²) in [5.41, 5.74) is 1.45. The third-order valence-electron chi connectivity index (χ3n) is 2.29. The van der Waals surface area contributed by atoms with Gasteiger partial charge in [-0.1, -0.05) is 11.6 Å². The molecular formula is C12H10BrClN2OS. The summed E-state index contributed by atoms with van der Waals surface area (Å²) in [6.45, 7) is 3.71. The lowest BCUT2D eigenvalue weighted by atomic mass is 10.3. The molecule has 0 saturated carbocycles. The monoisotopic (exact) mass is 344 g/mol. The van der Waals surface area contributed by atoms with Gasteiger partial charge in [0.15, 0.2) is 0 Å². The molecule has 2 aromatic rings. The van der Waals surface area contributed by atoms with Crippen LogP contribution < -0.4 is 5.32 Å². The second-order valence-electron chi connectivity index (χ2n) is 3.73. The Morgan fingerprint density at radius 2 is 2.17 bits per heavy atom. The van der Waals surface area contributed by atoms with Crippen molar-refractivity contribution in [2.75, 3.05) is 5.32 Å². The molecule has 0 aliphatic carbocycles. The Morgan fingerprint density at radius 3 is 2.72 bits per heavy atom. The number of thiazole rings is 1. The summed E-state index contributed by atoms with van der Waals surface area (Å²) in [7, 11) is 0. The van der Waals surface area contributed by atoms with Crippen LogP contribution in [0.15, 0.2) is 22.7 Å². The molecule has 0 aliphatic heterocycles. The second-order valence-corrected chi connectivity index (χ2v) is 6.20. The first-order chi connectivity index (χ1) is 8.47. The number of hydrogen-bond acceptors (Lipinski definition) is 3. The van der Waals surface area contributed by atoms with E-state index in [1.54, 1.807) is 18.2 Å². The molecule has 6 heteroatoms. The quantitative estimate of drug-likeness (QED) is 0.875. The van der Waals surface area contributed by atoms with Crippen LogP contribution in [0.3, 0.4) is 0 Å². The number of amides is 1. The molecule has 1 aromatic heterocycles. The molecule has 0 bridgehead atoms. The third kappa shape index (κ3) is 2.91. The highest BCUT2D eigenvalue weighted by atomic mass is 79.9. The summed E-state index contributed by atoms with van der Waals surface area (Å²) in [5, 5.41) is 4.32. The van der Waals surface area contributed by atoms with E-state index in [4.69, 9.17) is 11.6 Å². The van der Waals surface area contributed by atoms with Crippen molar-refractivity contribution >= 4 is 50.5 Å². The lowest BCUT2D eigenvalue weighted by Crippen LogP contribution is -2.11. The van der Waals surface area contributed by atoms with E-state index in [1.807, 2.05) is 13.8 Å². The number of aryl methyl sites for hydroxylation is 2. The fourth-order valence-electron chi connectivity index (χ4n) is 1.50. The van der Waals surface area contributed by atoms with Crippen molar-refractivity contribution in [3.8, 4) is 0 Å². The number of nitrogens with zero attached hydrogens (tertiary/aromatic N) is 1. The zero-order valence-electron chi connectivity index (χ0n) is 9.75. The molecule has 1 heterocycles. The van der Waals surface area contributed by atoms with Gasteiger partial charge in [0.25, 0.3) is 5.91 Å². The molecule has 0 aliphatic rings. The first-order valence-electron chi connectivity index (χ1n) is 5.18. The first kappa shape index (κ1) is 13.5. The van der Waals surface area contributed by atoms with E-state index in [0.717, 1.165) is 15.2 Å². The predicted molar refractivity (Wildman–Crippen MR) is 78.7 cm³/mol. The molecule has 94 valence electrons. The van der Waals surface area contributed by atoms with Crippen molar-refractivity contribution in [3.63, 3.8) is 0 Å². The maximum absolute atomic E-state index is 12.1. The SMILES string of the molecule is Cc1nc(C)c(C(=O)Nc2ccc(Cl)c(Br)c2)s1. The number of nitrogens with one attached hydrogen (secondary N) is 1. The molecule has 18 heavy (non-hydrogen) atoms. The van der Waals surface area contributed by atoms with E-state index >= 15 is 0 Å². The van der Waals surface area contributed by atoms with Crippen molar-refractivity contribution in [3.05, 3.63) is 43.3 Å². The zero-order valence-corrected chi connectivity index (χ0v) is 12.9. The molecule has 0 unspecified atom stereocenters. The Balaban J connectivity index is 2.21. The van der Waals surface area contributed by atoms with E-state index in [1.165, 1.54) is 11.3 Å². The highest BCUT2D eigenvalue weighted by Gasteiger charge is 2.14. The van der Waals surface area contributed by atoms with E-state index in [9.17, 15) is 4.79 Å². The third-order valence-corrected chi connectivity index (χ3v) is 4.57. The molecule has 1 aromatic carbocycles. The van der Waals surface area contributed by atoms with Crippen LogP contribution in [0.5, 0.6) is 0 Å². The van der Waals surface area contributed by atoms with Crippen LogP contribution in [-0.2, 0) is 0 Å². The van der Waals surface area contributed by atoms with Gasteiger partial charge in [0, 0.05) is 10.2 Å². The number of rotatable bonds is 2. The van der Waals surface area contributed by atoms with Crippen molar-refractivity contribution in [1.29, 1.82) is 0 Å². The van der Waals surface area contributed by atoms with Crippen molar-refractivity contribution in [2.45, 2.75) is 13.8 Å². The van der Waals surface area contributed by atoms with Crippen LogP contribution in [0.2, 0.25) is 5.02 Å². The van der Waals surface area contributed by atoms with Crippen molar-refractivity contribution < 1.29 is 4.79 Å². The maximum atomic E-state index is 12.1. The smallest absolute Gasteiger partial charge is 0.267 e. The minimum atomic E-state index is -0.146. The van der Waals surface area contributed by atoms with Gasteiger partial charge in [0.05, 0.1) is 15.7 Å². The number of anilines is 1. The number of halogens is 2. The molecule has 3 nitrogen and oxygen atoms in total. The number of carbonyl (C=O) groups is 1. The summed E-state index contributed by atoms with van der Waals surface area (Å²) in [4.78, 5) is 16.9. The normalized spacial score (nSPS) is 10.4. The summed E-state index contributed by atoms with van der Waals surface area (Å²) < 4.78 is 0.749. The molecule has 1 amide bonds. The van der Waals surface area contributed by atoms with Crippen LogP contribution in [0.1, 0.15) is 20.4 Å². The van der Waals surface area contributed by atoms with Crippen molar-refractivity contribution in [2.24, 2.45) is 0 Å². The lowest BCUT2D eigenvalue weighted by molar-refractivity contribution is 0.103. The van der Waals surface area contributed by atoms with Crippen LogP contribution in [0.25, 0.3) is 0 Å². The van der Waals surface area contributed by atoms with Gasteiger partial charge in [0.2, 0.25) is 0 Å². The molecule has 0 spiro atoms. The molecule has 0 fully saturated rings. The van der Waals surface area contributed by atoms with Crippen molar-refractivity contribution in [1.82, 2.24) is 4.98 Å². The Labute approximate surface area is 122 Å². The predicted octanol–water partition coefficient (Wildman–Crippen LogP) is 4.43. The first-order valence-corrected chi connectivity index (χ1v) is 7.16. The standard InChI is InChI=1S/C12H10BrClN2OS/c1-6-11(18-7(2)15-6)12(17)16-8-3-4-10(14)9(13)5-8/h3-5H,1-2H3,(H,16,17). The Morgan fingerprint density at radius 1 is 1.44 bits per heavy atom. The Bertz CT molecular complexity index is 612. The van der Waals surface area contributed by atoms with Gasteiger partial charge in [-0.3, -0.25) is 4.79 Å².